The molecule has 1 saturated carbocycles. The molecule has 0 spiro atoms. The van der Waals surface area contributed by atoms with Gasteiger partial charge in [0.25, 0.3) is 0 Å². The number of rotatable bonds is 14. The van der Waals surface area contributed by atoms with Crippen LogP contribution < -0.4 is 27.0 Å². The molecule has 0 amide bonds. The van der Waals surface area contributed by atoms with Gasteiger partial charge in [0.15, 0.2) is 0 Å². The largest absolute Gasteiger partial charge is 0.329 e. The first-order valence-corrected chi connectivity index (χ1v) is 7.46. The highest BCUT2D eigenvalue weighted by molar-refractivity contribution is 4.73. The average Bonchev–Trinajstić information content (AvgIpc) is 3.19. The second kappa shape index (κ2) is 11.9. The van der Waals surface area contributed by atoms with Crippen molar-refractivity contribution in [3.63, 3.8) is 0 Å². The zero-order valence-corrected chi connectivity index (χ0v) is 11.6. The van der Waals surface area contributed by atoms with Crippen LogP contribution in [0.4, 0.5) is 0 Å². The molecule has 0 bridgehead atoms. The van der Waals surface area contributed by atoms with Gasteiger partial charge in [-0.2, -0.15) is 0 Å². The van der Waals surface area contributed by atoms with Crippen molar-refractivity contribution in [1.82, 2.24) is 21.3 Å². The lowest BCUT2D eigenvalue weighted by Crippen LogP contribution is -2.36. The Morgan fingerprint density at radius 1 is 0.667 bits per heavy atom. The Kier molecular flexibility index (Phi) is 10.5. The van der Waals surface area contributed by atoms with Crippen molar-refractivity contribution >= 4 is 0 Å². The van der Waals surface area contributed by atoms with E-state index in [0.29, 0.717) is 0 Å². The van der Waals surface area contributed by atoms with Crippen LogP contribution in [0.15, 0.2) is 0 Å². The van der Waals surface area contributed by atoms with E-state index < -0.39 is 0 Å². The molecule has 1 fully saturated rings. The molecule has 1 rings (SSSR count). The SMILES string of the molecule is NCCNCCNCCNCCNCCC1CC1. The van der Waals surface area contributed by atoms with Crippen molar-refractivity contribution < 1.29 is 0 Å². The lowest BCUT2D eigenvalue weighted by Gasteiger charge is -2.08. The molecule has 0 radical (unpaired) electrons. The first kappa shape index (κ1) is 15.9. The third-order valence-corrected chi connectivity index (χ3v) is 3.18. The van der Waals surface area contributed by atoms with Gasteiger partial charge in [0.2, 0.25) is 0 Å². The Hall–Kier alpha value is -0.200. The second-order valence-electron chi connectivity index (χ2n) is 5.02. The normalized spacial score (nSPS) is 15.2. The summed E-state index contributed by atoms with van der Waals surface area (Å²) in [5.74, 6) is 1.04. The minimum atomic E-state index is 0.718. The molecular weight excluding hydrogens is 226 g/mol. The van der Waals surface area contributed by atoms with Crippen molar-refractivity contribution in [2.45, 2.75) is 19.3 Å². The molecule has 108 valence electrons. The number of hydrogen-bond donors (Lipinski definition) is 5. The Balaban J connectivity index is 1.60. The van der Waals surface area contributed by atoms with Crippen LogP contribution in [0.3, 0.4) is 0 Å². The maximum Gasteiger partial charge on any atom is 0.00772 e. The summed E-state index contributed by atoms with van der Waals surface area (Å²) in [5, 5.41) is 13.5. The van der Waals surface area contributed by atoms with Crippen LogP contribution in [0, 0.1) is 5.92 Å². The van der Waals surface area contributed by atoms with Crippen molar-refractivity contribution in [3.05, 3.63) is 0 Å². The first-order chi connectivity index (χ1) is 8.93. The topological polar surface area (TPSA) is 74.1 Å². The van der Waals surface area contributed by atoms with Crippen LogP contribution in [-0.2, 0) is 0 Å². The molecule has 0 aromatic heterocycles. The Bertz CT molecular complexity index is 173. The fourth-order valence-electron chi connectivity index (χ4n) is 1.85. The molecular formula is C13H31N5. The summed E-state index contributed by atoms with van der Waals surface area (Å²) in [6.45, 7) is 9.07. The van der Waals surface area contributed by atoms with E-state index in [1.54, 1.807) is 0 Å². The van der Waals surface area contributed by atoms with Gasteiger partial charge in [-0.15, -0.1) is 0 Å². The Morgan fingerprint density at radius 3 is 1.56 bits per heavy atom. The highest BCUT2D eigenvalue weighted by Gasteiger charge is 2.19. The van der Waals surface area contributed by atoms with E-state index in [1.807, 2.05) is 0 Å². The molecule has 5 heteroatoms. The maximum absolute atomic E-state index is 5.38. The van der Waals surface area contributed by atoms with Crippen LogP contribution in [0.25, 0.3) is 0 Å². The molecule has 0 heterocycles. The molecule has 0 aromatic rings. The maximum atomic E-state index is 5.38. The summed E-state index contributed by atoms with van der Waals surface area (Å²) < 4.78 is 0. The molecule has 1 aliphatic carbocycles. The van der Waals surface area contributed by atoms with Gasteiger partial charge in [-0.3, -0.25) is 0 Å². The molecule has 0 saturated heterocycles. The third-order valence-electron chi connectivity index (χ3n) is 3.18. The van der Waals surface area contributed by atoms with Gasteiger partial charge in [-0.25, -0.2) is 0 Å². The van der Waals surface area contributed by atoms with Gasteiger partial charge < -0.3 is 27.0 Å². The molecule has 5 nitrogen and oxygen atoms in total. The van der Waals surface area contributed by atoms with E-state index >= 15 is 0 Å². The van der Waals surface area contributed by atoms with E-state index in [0.717, 1.165) is 58.3 Å². The lowest BCUT2D eigenvalue weighted by atomic mass is 10.3. The van der Waals surface area contributed by atoms with Crippen LogP contribution in [0.1, 0.15) is 19.3 Å². The zero-order valence-electron chi connectivity index (χ0n) is 11.6. The predicted octanol–water partition coefficient (Wildman–Crippen LogP) is -0.896. The summed E-state index contributed by atoms with van der Waals surface area (Å²) in [5.41, 5.74) is 5.38. The first-order valence-electron chi connectivity index (χ1n) is 7.46. The van der Waals surface area contributed by atoms with Gasteiger partial charge >= 0.3 is 0 Å². The molecule has 18 heavy (non-hydrogen) atoms. The number of nitrogens with two attached hydrogens (primary N) is 1. The Labute approximate surface area is 112 Å². The van der Waals surface area contributed by atoms with Crippen molar-refractivity contribution in [2.75, 3.05) is 58.9 Å². The monoisotopic (exact) mass is 257 g/mol. The highest BCUT2D eigenvalue weighted by atomic mass is 15.0. The molecule has 6 N–H and O–H groups in total. The molecule has 0 aromatic carbocycles. The molecule has 0 aliphatic heterocycles. The van der Waals surface area contributed by atoms with Crippen LogP contribution >= 0.6 is 0 Å². The van der Waals surface area contributed by atoms with Gasteiger partial charge in [-0.05, 0) is 18.9 Å². The van der Waals surface area contributed by atoms with E-state index in [-0.39, 0.29) is 0 Å². The Morgan fingerprint density at radius 2 is 1.11 bits per heavy atom. The third kappa shape index (κ3) is 10.9. The van der Waals surface area contributed by atoms with Gasteiger partial charge in [0.05, 0.1) is 0 Å². The van der Waals surface area contributed by atoms with Crippen molar-refractivity contribution in [1.29, 1.82) is 0 Å². The van der Waals surface area contributed by atoms with E-state index in [1.165, 1.54) is 25.8 Å². The van der Waals surface area contributed by atoms with Gasteiger partial charge in [0.1, 0.15) is 0 Å². The smallest absolute Gasteiger partial charge is 0.00772 e. The minimum Gasteiger partial charge on any atom is -0.329 e. The average molecular weight is 257 g/mol. The summed E-state index contributed by atoms with van der Waals surface area (Å²) in [6.07, 6.45) is 4.30. The van der Waals surface area contributed by atoms with E-state index in [9.17, 15) is 0 Å². The minimum absolute atomic E-state index is 0.718. The number of hydrogen-bond acceptors (Lipinski definition) is 5. The summed E-state index contributed by atoms with van der Waals surface area (Å²) in [7, 11) is 0. The second-order valence-corrected chi connectivity index (χ2v) is 5.02. The summed E-state index contributed by atoms with van der Waals surface area (Å²) >= 11 is 0. The van der Waals surface area contributed by atoms with Crippen LogP contribution in [-0.4, -0.2) is 58.9 Å². The van der Waals surface area contributed by atoms with Gasteiger partial charge in [-0.1, -0.05) is 12.8 Å². The van der Waals surface area contributed by atoms with Crippen LogP contribution in [0.2, 0.25) is 0 Å². The lowest BCUT2D eigenvalue weighted by molar-refractivity contribution is 0.556. The quantitative estimate of drug-likeness (QED) is 0.261. The number of nitrogens with one attached hydrogen (secondary N) is 4. The van der Waals surface area contributed by atoms with E-state index in [2.05, 4.69) is 21.3 Å². The fraction of sp³-hybridized carbons (Fsp3) is 1.00. The molecule has 1 aliphatic rings. The van der Waals surface area contributed by atoms with E-state index in [4.69, 9.17) is 5.73 Å². The zero-order chi connectivity index (χ0) is 12.9. The molecule has 0 unspecified atom stereocenters. The summed E-state index contributed by atoms with van der Waals surface area (Å²) in [4.78, 5) is 0. The van der Waals surface area contributed by atoms with Crippen LogP contribution in [0.5, 0.6) is 0 Å². The van der Waals surface area contributed by atoms with Gasteiger partial charge in [0, 0.05) is 52.4 Å². The fourth-order valence-corrected chi connectivity index (χ4v) is 1.85. The molecule has 0 atom stereocenters. The van der Waals surface area contributed by atoms with Crippen molar-refractivity contribution in [3.8, 4) is 0 Å². The predicted molar refractivity (Wildman–Crippen MR) is 77.9 cm³/mol. The summed E-state index contributed by atoms with van der Waals surface area (Å²) in [6, 6.07) is 0. The van der Waals surface area contributed by atoms with Crippen molar-refractivity contribution in [2.24, 2.45) is 11.7 Å². The standard InChI is InChI=1S/C13H31N5/c14-4-6-16-8-10-18-12-11-17-9-7-15-5-3-13-1-2-13/h13,15-18H,1-12,14H2. The highest BCUT2D eigenvalue weighted by Crippen LogP contribution is 2.31.